The topological polar surface area (TPSA) is 12.0 Å². The maximum Gasteiger partial charge on any atom is 0.0769 e. The predicted molar refractivity (Wildman–Crippen MR) is 87.0 cm³/mol. The predicted octanol–water partition coefficient (Wildman–Crippen LogP) is 4.45. The van der Waals surface area contributed by atoms with Crippen LogP contribution in [0.1, 0.15) is 31.9 Å². The van der Waals surface area contributed by atoms with Gasteiger partial charge in [-0.1, -0.05) is 62.9 Å². The normalized spacial score (nSPS) is 10.6. The zero-order valence-corrected chi connectivity index (χ0v) is 12.4. The van der Waals surface area contributed by atoms with Gasteiger partial charge in [0, 0.05) is 11.3 Å². The van der Waals surface area contributed by atoms with Crippen molar-refractivity contribution in [1.29, 1.82) is 0 Å². The minimum Gasteiger partial charge on any atom is -0.374 e. The number of nitrogens with one attached hydrogen (secondary N) is 1. The van der Waals surface area contributed by atoms with E-state index in [4.69, 9.17) is 0 Å². The standard InChI is InChI=1S/C19H21N/c1-19(2,3)17-11-13-18(14-12-17)20-15-7-10-16-8-5-4-6-9-16/h4-6,8-9,11-14,20H,15H2,1-3H3. The van der Waals surface area contributed by atoms with Crippen molar-refractivity contribution in [2.75, 3.05) is 11.9 Å². The van der Waals surface area contributed by atoms with Gasteiger partial charge in [-0.05, 0) is 35.2 Å². The Morgan fingerprint density at radius 1 is 0.900 bits per heavy atom. The van der Waals surface area contributed by atoms with Crippen molar-refractivity contribution in [2.24, 2.45) is 0 Å². The van der Waals surface area contributed by atoms with E-state index in [-0.39, 0.29) is 5.41 Å². The lowest BCUT2D eigenvalue weighted by atomic mass is 9.87. The molecule has 0 atom stereocenters. The molecule has 0 bridgehead atoms. The lowest BCUT2D eigenvalue weighted by molar-refractivity contribution is 0.590. The molecule has 2 aromatic carbocycles. The molecular formula is C19H21N. The number of rotatable bonds is 2. The molecular weight excluding hydrogens is 242 g/mol. The third-order valence-corrected chi connectivity index (χ3v) is 3.14. The third-order valence-electron chi connectivity index (χ3n) is 3.14. The molecule has 20 heavy (non-hydrogen) atoms. The minimum absolute atomic E-state index is 0.200. The van der Waals surface area contributed by atoms with Crippen molar-refractivity contribution >= 4 is 5.69 Å². The van der Waals surface area contributed by atoms with Gasteiger partial charge in [-0.3, -0.25) is 0 Å². The average molecular weight is 263 g/mol. The highest BCUT2D eigenvalue weighted by Crippen LogP contribution is 2.23. The van der Waals surface area contributed by atoms with Crippen LogP contribution < -0.4 is 5.32 Å². The molecule has 0 saturated carbocycles. The molecule has 0 aliphatic rings. The van der Waals surface area contributed by atoms with Crippen LogP contribution in [0.25, 0.3) is 0 Å². The first-order chi connectivity index (χ1) is 9.55. The van der Waals surface area contributed by atoms with Crippen molar-refractivity contribution in [3.05, 3.63) is 65.7 Å². The first-order valence-electron chi connectivity index (χ1n) is 6.94. The molecule has 2 rings (SSSR count). The third kappa shape index (κ3) is 4.17. The zero-order chi connectivity index (χ0) is 14.4. The molecule has 1 N–H and O–H groups in total. The number of anilines is 1. The molecule has 0 aromatic heterocycles. The van der Waals surface area contributed by atoms with Crippen LogP contribution in [0, 0.1) is 11.8 Å². The van der Waals surface area contributed by atoms with E-state index in [0.717, 1.165) is 11.3 Å². The van der Waals surface area contributed by atoms with Gasteiger partial charge in [0.1, 0.15) is 0 Å². The molecule has 0 spiro atoms. The second kappa shape index (κ2) is 6.30. The van der Waals surface area contributed by atoms with E-state index in [1.54, 1.807) is 0 Å². The van der Waals surface area contributed by atoms with Crippen molar-refractivity contribution in [2.45, 2.75) is 26.2 Å². The van der Waals surface area contributed by atoms with Crippen molar-refractivity contribution in [3.63, 3.8) is 0 Å². The van der Waals surface area contributed by atoms with Gasteiger partial charge in [-0.2, -0.15) is 0 Å². The summed E-state index contributed by atoms with van der Waals surface area (Å²) in [7, 11) is 0. The fourth-order valence-electron chi connectivity index (χ4n) is 1.90. The Hall–Kier alpha value is -2.20. The van der Waals surface area contributed by atoms with Crippen LogP contribution in [-0.4, -0.2) is 6.54 Å². The van der Waals surface area contributed by atoms with Crippen LogP contribution >= 0.6 is 0 Å². The largest absolute Gasteiger partial charge is 0.374 e. The van der Waals surface area contributed by atoms with E-state index in [1.807, 2.05) is 30.3 Å². The fraction of sp³-hybridized carbons (Fsp3) is 0.263. The highest BCUT2D eigenvalue weighted by molar-refractivity contribution is 5.47. The van der Waals surface area contributed by atoms with Crippen LogP contribution in [0.3, 0.4) is 0 Å². The summed E-state index contributed by atoms with van der Waals surface area (Å²) in [4.78, 5) is 0. The first-order valence-corrected chi connectivity index (χ1v) is 6.94. The number of hydrogen-bond donors (Lipinski definition) is 1. The summed E-state index contributed by atoms with van der Waals surface area (Å²) >= 11 is 0. The minimum atomic E-state index is 0.200. The van der Waals surface area contributed by atoms with Crippen molar-refractivity contribution < 1.29 is 0 Å². The summed E-state index contributed by atoms with van der Waals surface area (Å²) in [6.45, 7) is 7.33. The van der Waals surface area contributed by atoms with Gasteiger partial charge in [0.2, 0.25) is 0 Å². The van der Waals surface area contributed by atoms with Gasteiger partial charge in [-0.15, -0.1) is 0 Å². The molecule has 0 heterocycles. The second-order valence-corrected chi connectivity index (χ2v) is 5.85. The van der Waals surface area contributed by atoms with Gasteiger partial charge in [-0.25, -0.2) is 0 Å². The Morgan fingerprint density at radius 2 is 1.55 bits per heavy atom. The zero-order valence-electron chi connectivity index (χ0n) is 12.4. The van der Waals surface area contributed by atoms with Crippen LogP contribution in [0.15, 0.2) is 54.6 Å². The molecule has 2 aromatic rings. The molecule has 1 nitrogen and oxygen atoms in total. The number of benzene rings is 2. The lowest BCUT2D eigenvalue weighted by Crippen LogP contribution is -2.10. The summed E-state index contributed by atoms with van der Waals surface area (Å²) in [5.41, 5.74) is 3.71. The van der Waals surface area contributed by atoms with Gasteiger partial charge in [0.25, 0.3) is 0 Å². The number of hydrogen-bond acceptors (Lipinski definition) is 1. The highest BCUT2D eigenvalue weighted by atomic mass is 14.8. The second-order valence-electron chi connectivity index (χ2n) is 5.85. The Balaban J connectivity index is 1.91. The van der Waals surface area contributed by atoms with Crippen LogP contribution in [0.4, 0.5) is 5.69 Å². The van der Waals surface area contributed by atoms with Crippen molar-refractivity contribution in [1.82, 2.24) is 0 Å². The van der Waals surface area contributed by atoms with Crippen molar-refractivity contribution in [3.8, 4) is 11.8 Å². The maximum absolute atomic E-state index is 3.32. The molecule has 0 radical (unpaired) electrons. The Kier molecular flexibility index (Phi) is 4.48. The summed E-state index contributed by atoms with van der Waals surface area (Å²) < 4.78 is 0. The Labute approximate surface area is 122 Å². The van der Waals surface area contributed by atoms with Gasteiger partial charge in [0.05, 0.1) is 6.54 Å². The molecule has 0 aliphatic heterocycles. The van der Waals surface area contributed by atoms with Gasteiger partial charge >= 0.3 is 0 Å². The summed E-state index contributed by atoms with van der Waals surface area (Å²) in [5, 5.41) is 3.32. The maximum atomic E-state index is 3.32. The monoisotopic (exact) mass is 263 g/mol. The molecule has 102 valence electrons. The van der Waals surface area contributed by atoms with Gasteiger partial charge < -0.3 is 5.32 Å². The molecule has 1 heteroatoms. The van der Waals surface area contributed by atoms with E-state index in [2.05, 4.69) is 62.2 Å². The van der Waals surface area contributed by atoms with Crippen LogP contribution in [0.5, 0.6) is 0 Å². The van der Waals surface area contributed by atoms with E-state index < -0.39 is 0 Å². The van der Waals surface area contributed by atoms with E-state index in [0.29, 0.717) is 6.54 Å². The van der Waals surface area contributed by atoms with E-state index >= 15 is 0 Å². The van der Waals surface area contributed by atoms with Gasteiger partial charge in [0.15, 0.2) is 0 Å². The van der Waals surface area contributed by atoms with Crippen LogP contribution in [0.2, 0.25) is 0 Å². The summed E-state index contributed by atoms with van der Waals surface area (Å²) in [5.74, 6) is 6.27. The average Bonchev–Trinajstić information content (AvgIpc) is 2.44. The molecule has 0 unspecified atom stereocenters. The van der Waals surface area contributed by atoms with E-state index in [1.165, 1.54) is 5.56 Å². The SMILES string of the molecule is CC(C)(C)c1ccc(NCC#Cc2ccccc2)cc1. The van der Waals surface area contributed by atoms with Crippen LogP contribution in [-0.2, 0) is 5.41 Å². The summed E-state index contributed by atoms with van der Waals surface area (Å²) in [6, 6.07) is 18.6. The molecule has 0 fully saturated rings. The quantitative estimate of drug-likeness (QED) is 0.789. The summed E-state index contributed by atoms with van der Waals surface area (Å²) in [6.07, 6.45) is 0. The fourth-order valence-corrected chi connectivity index (χ4v) is 1.90. The Morgan fingerprint density at radius 3 is 2.15 bits per heavy atom. The Bertz CT molecular complexity index is 592. The molecule has 0 aliphatic carbocycles. The molecule has 0 saturated heterocycles. The smallest absolute Gasteiger partial charge is 0.0769 e. The highest BCUT2D eigenvalue weighted by Gasteiger charge is 2.12. The molecule has 0 amide bonds. The van der Waals surface area contributed by atoms with E-state index in [9.17, 15) is 0 Å². The first kappa shape index (κ1) is 14.2. The lowest BCUT2D eigenvalue weighted by Gasteiger charge is -2.19.